The number of carbonyl (C=O) groups is 1. The number of carbonyl (C=O) groups excluding carboxylic acids is 1. The fraction of sp³-hybridized carbons (Fsp3) is 0.526. The van der Waals surface area contributed by atoms with Gasteiger partial charge in [0.15, 0.2) is 5.82 Å². The van der Waals surface area contributed by atoms with E-state index in [1.165, 1.54) is 6.42 Å². The summed E-state index contributed by atoms with van der Waals surface area (Å²) in [6.07, 6.45) is 4.77. The number of ether oxygens (including phenoxy) is 2. The highest BCUT2D eigenvalue weighted by Crippen LogP contribution is 2.18. The standard InChI is InChI=1S/C19H26N4O4/c1-2-18-22-17(23-27-18)10-11-20-19(24)21-14-6-8-15(9-7-14)26-13-16-5-3-4-12-25-16/h6-9,16H,2-5,10-13H2,1H3,(H2,20,21,24)/t16-/m1/s1. The van der Waals surface area contributed by atoms with Gasteiger partial charge in [0.2, 0.25) is 5.89 Å². The van der Waals surface area contributed by atoms with E-state index in [0.29, 0.717) is 43.4 Å². The summed E-state index contributed by atoms with van der Waals surface area (Å²) in [5, 5.41) is 9.40. The average molecular weight is 374 g/mol. The lowest BCUT2D eigenvalue weighted by molar-refractivity contribution is -0.0110. The summed E-state index contributed by atoms with van der Waals surface area (Å²) in [7, 11) is 0. The number of hydrogen-bond donors (Lipinski definition) is 2. The van der Waals surface area contributed by atoms with Gasteiger partial charge in [0.1, 0.15) is 12.4 Å². The molecule has 0 bridgehead atoms. The first-order valence-corrected chi connectivity index (χ1v) is 9.43. The molecule has 3 rings (SSSR count). The molecule has 1 aromatic carbocycles. The van der Waals surface area contributed by atoms with Crippen LogP contribution in [-0.4, -0.2) is 42.0 Å². The van der Waals surface area contributed by atoms with Crippen molar-refractivity contribution in [3.8, 4) is 5.75 Å². The van der Waals surface area contributed by atoms with E-state index in [-0.39, 0.29) is 12.1 Å². The molecule has 2 amide bonds. The van der Waals surface area contributed by atoms with Gasteiger partial charge in [-0.15, -0.1) is 0 Å². The number of aryl methyl sites for hydroxylation is 1. The molecule has 8 heteroatoms. The Labute approximate surface area is 158 Å². The van der Waals surface area contributed by atoms with Crippen LogP contribution in [0.5, 0.6) is 5.75 Å². The van der Waals surface area contributed by atoms with Gasteiger partial charge in [-0.1, -0.05) is 12.1 Å². The van der Waals surface area contributed by atoms with Gasteiger partial charge in [0, 0.05) is 31.7 Å². The van der Waals surface area contributed by atoms with Crippen LogP contribution in [0, 0.1) is 0 Å². The fourth-order valence-electron chi connectivity index (χ4n) is 2.76. The molecule has 1 aliphatic heterocycles. The van der Waals surface area contributed by atoms with Crippen molar-refractivity contribution in [2.24, 2.45) is 0 Å². The lowest BCUT2D eigenvalue weighted by Gasteiger charge is -2.22. The number of urea groups is 1. The molecule has 0 unspecified atom stereocenters. The van der Waals surface area contributed by atoms with Crippen molar-refractivity contribution >= 4 is 11.7 Å². The monoisotopic (exact) mass is 374 g/mol. The van der Waals surface area contributed by atoms with Crippen LogP contribution in [-0.2, 0) is 17.6 Å². The Kier molecular flexibility index (Phi) is 7.04. The summed E-state index contributed by atoms with van der Waals surface area (Å²) in [5.41, 5.74) is 0.696. The molecule has 2 aromatic rings. The third-order valence-corrected chi connectivity index (χ3v) is 4.27. The number of benzene rings is 1. The minimum Gasteiger partial charge on any atom is -0.491 e. The van der Waals surface area contributed by atoms with E-state index in [1.807, 2.05) is 31.2 Å². The average Bonchev–Trinajstić information content (AvgIpc) is 3.16. The highest BCUT2D eigenvalue weighted by molar-refractivity contribution is 5.89. The Hall–Kier alpha value is -2.61. The first kappa shape index (κ1) is 19.2. The van der Waals surface area contributed by atoms with Gasteiger partial charge in [-0.05, 0) is 43.5 Å². The molecule has 2 N–H and O–H groups in total. The van der Waals surface area contributed by atoms with Crippen LogP contribution in [0.2, 0.25) is 0 Å². The quantitative estimate of drug-likeness (QED) is 0.737. The summed E-state index contributed by atoms with van der Waals surface area (Å²) in [6, 6.07) is 7.01. The number of aromatic nitrogens is 2. The van der Waals surface area contributed by atoms with Crippen molar-refractivity contribution in [3.63, 3.8) is 0 Å². The predicted molar refractivity (Wildman–Crippen MR) is 99.9 cm³/mol. The van der Waals surface area contributed by atoms with Gasteiger partial charge >= 0.3 is 6.03 Å². The van der Waals surface area contributed by atoms with Crippen LogP contribution in [0.3, 0.4) is 0 Å². The number of nitrogens with zero attached hydrogens (tertiary/aromatic N) is 2. The number of nitrogens with one attached hydrogen (secondary N) is 2. The van der Waals surface area contributed by atoms with E-state index in [4.69, 9.17) is 14.0 Å². The van der Waals surface area contributed by atoms with Crippen molar-refractivity contribution in [2.45, 2.75) is 45.1 Å². The second-order valence-electron chi connectivity index (χ2n) is 6.41. The Morgan fingerprint density at radius 3 is 2.85 bits per heavy atom. The molecular formula is C19H26N4O4. The predicted octanol–water partition coefficient (Wildman–Crippen LogP) is 2.94. The molecular weight excluding hydrogens is 348 g/mol. The van der Waals surface area contributed by atoms with Crippen molar-refractivity contribution in [3.05, 3.63) is 36.0 Å². The molecule has 8 nitrogen and oxygen atoms in total. The smallest absolute Gasteiger partial charge is 0.319 e. The molecule has 1 atom stereocenters. The molecule has 0 aliphatic carbocycles. The van der Waals surface area contributed by atoms with Crippen LogP contribution in [0.4, 0.5) is 10.5 Å². The van der Waals surface area contributed by atoms with Crippen molar-refractivity contribution in [2.75, 3.05) is 25.1 Å². The van der Waals surface area contributed by atoms with Gasteiger partial charge in [-0.25, -0.2) is 4.79 Å². The van der Waals surface area contributed by atoms with Gasteiger partial charge in [0.25, 0.3) is 0 Å². The number of amides is 2. The van der Waals surface area contributed by atoms with Gasteiger partial charge in [0.05, 0.1) is 6.10 Å². The van der Waals surface area contributed by atoms with Crippen LogP contribution in [0.25, 0.3) is 0 Å². The summed E-state index contributed by atoms with van der Waals surface area (Å²) in [6.45, 7) is 3.75. The van der Waals surface area contributed by atoms with Gasteiger partial charge in [-0.3, -0.25) is 0 Å². The van der Waals surface area contributed by atoms with E-state index < -0.39 is 0 Å². The van der Waals surface area contributed by atoms with Crippen LogP contribution >= 0.6 is 0 Å². The molecule has 1 saturated heterocycles. The Balaban J connectivity index is 1.36. The Bertz CT molecular complexity index is 711. The summed E-state index contributed by atoms with van der Waals surface area (Å²) in [5.74, 6) is 1.96. The number of rotatable bonds is 8. The molecule has 1 fully saturated rings. The van der Waals surface area contributed by atoms with Gasteiger partial charge in [-0.2, -0.15) is 4.98 Å². The maximum Gasteiger partial charge on any atom is 0.319 e. The first-order valence-electron chi connectivity index (χ1n) is 9.43. The largest absolute Gasteiger partial charge is 0.491 e. The third kappa shape index (κ3) is 6.25. The van der Waals surface area contributed by atoms with Gasteiger partial charge < -0.3 is 24.6 Å². The third-order valence-electron chi connectivity index (χ3n) is 4.27. The highest BCUT2D eigenvalue weighted by Gasteiger charge is 2.14. The van der Waals surface area contributed by atoms with Crippen molar-refractivity contribution in [1.82, 2.24) is 15.5 Å². The molecule has 2 heterocycles. The molecule has 1 aliphatic rings. The highest BCUT2D eigenvalue weighted by atomic mass is 16.5. The lowest BCUT2D eigenvalue weighted by atomic mass is 10.1. The van der Waals surface area contributed by atoms with Crippen LogP contribution in [0.15, 0.2) is 28.8 Å². The van der Waals surface area contributed by atoms with E-state index in [0.717, 1.165) is 25.2 Å². The minimum absolute atomic E-state index is 0.176. The minimum atomic E-state index is -0.279. The molecule has 0 spiro atoms. The van der Waals surface area contributed by atoms with E-state index in [2.05, 4.69) is 20.8 Å². The zero-order valence-corrected chi connectivity index (χ0v) is 15.6. The second-order valence-corrected chi connectivity index (χ2v) is 6.41. The van der Waals surface area contributed by atoms with E-state index in [1.54, 1.807) is 0 Å². The lowest BCUT2D eigenvalue weighted by Crippen LogP contribution is -2.30. The van der Waals surface area contributed by atoms with Crippen molar-refractivity contribution in [1.29, 1.82) is 0 Å². The molecule has 146 valence electrons. The molecule has 1 aromatic heterocycles. The zero-order chi connectivity index (χ0) is 18.9. The van der Waals surface area contributed by atoms with Crippen LogP contribution in [0.1, 0.15) is 37.9 Å². The normalized spacial score (nSPS) is 16.7. The van der Waals surface area contributed by atoms with E-state index >= 15 is 0 Å². The maximum absolute atomic E-state index is 11.9. The second kappa shape index (κ2) is 9.91. The Morgan fingerprint density at radius 1 is 1.30 bits per heavy atom. The maximum atomic E-state index is 11.9. The Morgan fingerprint density at radius 2 is 2.15 bits per heavy atom. The fourth-order valence-corrected chi connectivity index (χ4v) is 2.76. The van der Waals surface area contributed by atoms with E-state index in [9.17, 15) is 4.79 Å². The summed E-state index contributed by atoms with van der Waals surface area (Å²) < 4.78 is 16.4. The van der Waals surface area contributed by atoms with Crippen molar-refractivity contribution < 1.29 is 18.8 Å². The zero-order valence-electron chi connectivity index (χ0n) is 15.6. The number of anilines is 1. The molecule has 27 heavy (non-hydrogen) atoms. The SMILES string of the molecule is CCc1nc(CCNC(=O)Nc2ccc(OC[C@H]3CCCCO3)cc2)no1. The summed E-state index contributed by atoms with van der Waals surface area (Å²) >= 11 is 0. The summed E-state index contributed by atoms with van der Waals surface area (Å²) in [4.78, 5) is 16.1. The number of hydrogen-bond acceptors (Lipinski definition) is 6. The topological polar surface area (TPSA) is 98.5 Å². The molecule has 0 saturated carbocycles. The van der Waals surface area contributed by atoms with Crippen LogP contribution < -0.4 is 15.4 Å². The first-order chi connectivity index (χ1) is 13.2. The molecule has 0 radical (unpaired) electrons.